The van der Waals surface area contributed by atoms with E-state index in [2.05, 4.69) is 20.6 Å². The monoisotopic (exact) mass is 459 g/mol. The summed E-state index contributed by atoms with van der Waals surface area (Å²) >= 11 is 11.8. The van der Waals surface area contributed by atoms with Crippen molar-refractivity contribution < 1.29 is 13.2 Å². The molecule has 2 rings (SSSR count). The Morgan fingerprint density at radius 1 is 1.07 bits per heavy atom. The summed E-state index contributed by atoms with van der Waals surface area (Å²) in [6, 6.07) is 4.89. The third-order valence-electron chi connectivity index (χ3n) is 3.87. The maximum atomic E-state index is 12.0. The molecule has 28 heavy (non-hydrogen) atoms. The van der Waals surface area contributed by atoms with Gasteiger partial charge in [-0.2, -0.15) is 4.31 Å². The van der Waals surface area contributed by atoms with Crippen molar-refractivity contribution >= 4 is 62.8 Å². The van der Waals surface area contributed by atoms with E-state index in [0.29, 0.717) is 22.3 Å². The summed E-state index contributed by atoms with van der Waals surface area (Å²) in [5.41, 5.74) is 0. The van der Waals surface area contributed by atoms with Crippen molar-refractivity contribution in [1.82, 2.24) is 24.9 Å². The molecule has 0 saturated carbocycles. The second-order valence-electron chi connectivity index (χ2n) is 6.13. The fraction of sp³-hybridized carbons (Fsp3) is 0.562. The summed E-state index contributed by atoms with van der Waals surface area (Å²) in [7, 11) is -3.29. The van der Waals surface area contributed by atoms with Gasteiger partial charge in [-0.15, -0.1) is 5.10 Å². The number of hydrogen-bond donors (Lipinski definition) is 1. The van der Waals surface area contributed by atoms with Crippen molar-refractivity contribution in [1.29, 1.82) is 0 Å². The fourth-order valence-corrected chi connectivity index (χ4v) is 3.91. The Kier molecular flexibility index (Phi) is 11.9. The second-order valence-corrected chi connectivity index (χ2v) is 8.98. The van der Waals surface area contributed by atoms with Crippen LogP contribution in [-0.2, 0) is 16.4 Å². The zero-order valence-electron chi connectivity index (χ0n) is 15.1. The molecule has 0 aliphatic carbocycles. The number of aromatic nitrogens is 4. The molecule has 8 nitrogen and oxygen atoms in total. The zero-order valence-corrected chi connectivity index (χ0v) is 17.4. The van der Waals surface area contributed by atoms with Crippen LogP contribution in [0.15, 0.2) is 18.2 Å². The first kappa shape index (κ1) is 25.6. The van der Waals surface area contributed by atoms with Gasteiger partial charge in [0.05, 0.1) is 6.26 Å². The minimum atomic E-state index is -3.29. The molecule has 0 radical (unpaired) electrons. The number of aryl methyl sites for hydroxylation is 1. The third kappa shape index (κ3) is 9.87. The van der Waals surface area contributed by atoms with Crippen molar-refractivity contribution in [2.45, 2.75) is 32.1 Å². The Morgan fingerprint density at radius 2 is 1.75 bits per heavy atom. The Hall–Kier alpha value is -0.420. The van der Waals surface area contributed by atoms with Crippen LogP contribution in [0.25, 0.3) is 0 Å². The molecule has 1 aromatic carbocycles. The normalized spacial score (nSPS) is 11.4. The molecule has 1 aromatic heterocycles. The molecule has 12 heteroatoms. The van der Waals surface area contributed by atoms with Crippen LogP contribution in [0, 0.1) is 0 Å². The Bertz CT molecular complexity index is 788. The first-order valence-corrected chi connectivity index (χ1v) is 11.2. The van der Waals surface area contributed by atoms with Gasteiger partial charge >= 0.3 is 29.6 Å². The number of tetrazole rings is 1. The van der Waals surface area contributed by atoms with Crippen LogP contribution in [0.4, 0.5) is 0 Å². The van der Waals surface area contributed by atoms with Crippen LogP contribution in [0.3, 0.4) is 0 Å². The first-order valence-electron chi connectivity index (χ1n) is 8.61. The van der Waals surface area contributed by atoms with Crippen LogP contribution < -0.4 is 4.74 Å². The van der Waals surface area contributed by atoms with Gasteiger partial charge in [0.25, 0.3) is 0 Å². The van der Waals surface area contributed by atoms with E-state index < -0.39 is 10.0 Å². The van der Waals surface area contributed by atoms with Crippen molar-refractivity contribution in [3.05, 3.63) is 34.1 Å². The Balaban J connectivity index is 0.00000392. The van der Waals surface area contributed by atoms with Gasteiger partial charge in [0, 0.05) is 29.6 Å². The molecule has 0 bridgehead atoms. The van der Waals surface area contributed by atoms with Crippen LogP contribution >= 0.6 is 23.2 Å². The van der Waals surface area contributed by atoms with Gasteiger partial charge in [-0.3, -0.25) is 0 Å². The van der Waals surface area contributed by atoms with Gasteiger partial charge in [-0.05, 0) is 41.5 Å². The van der Waals surface area contributed by atoms with Crippen molar-refractivity contribution in [2.24, 2.45) is 0 Å². The van der Waals surface area contributed by atoms with Gasteiger partial charge in [-0.1, -0.05) is 36.0 Å². The van der Waals surface area contributed by atoms with Gasteiger partial charge in [0.2, 0.25) is 10.0 Å². The number of benzene rings is 1. The predicted molar refractivity (Wildman–Crippen MR) is 112 cm³/mol. The number of nitrogens with zero attached hydrogens (tertiary/aromatic N) is 4. The maximum absolute atomic E-state index is 12.0. The topological polar surface area (TPSA) is 101 Å². The minimum absolute atomic E-state index is 0. The van der Waals surface area contributed by atoms with Gasteiger partial charge in [-0.25, -0.2) is 13.5 Å². The molecule has 1 N–H and O–H groups in total. The number of unbranched alkanes of at least 4 members (excludes halogenated alkanes) is 3. The van der Waals surface area contributed by atoms with E-state index in [1.54, 1.807) is 18.2 Å². The fourth-order valence-electron chi connectivity index (χ4n) is 2.54. The quantitative estimate of drug-likeness (QED) is 0.385. The summed E-state index contributed by atoms with van der Waals surface area (Å²) in [5, 5.41) is 14.5. The van der Waals surface area contributed by atoms with E-state index in [-0.39, 0.29) is 42.7 Å². The van der Waals surface area contributed by atoms with E-state index in [0.717, 1.165) is 37.9 Å². The van der Waals surface area contributed by atoms with Crippen LogP contribution in [0.2, 0.25) is 10.0 Å². The van der Waals surface area contributed by atoms with Gasteiger partial charge in [0.15, 0.2) is 0 Å². The molecule has 2 aromatic rings. The first-order chi connectivity index (χ1) is 12.8. The molecule has 0 amide bonds. The molecule has 0 spiro atoms. The molecule has 0 fully saturated rings. The number of rotatable bonds is 12. The third-order valence-corrected chi connectivity index (χ3v) is 5.61. The number of nitrogens with one attached hydrogen (secondary N) is 1. The molecule has 0 unspecified atom stereocenters. The number of sulfonamides is 1. The summed E-state index contributed by atoms with van der Waals surface area (Å²) in [6.45, 7) is 0.956. The molecular weight excluding hydrogens is 436 g/mol. The van der Waals surface area contributed by atoms with Crippen molar-refractivity contribution in [2.75, 3.05) is 26.0 Å². The zero-order chi connectivity index (χ0) is 19.7. The predicted octanol–water partition coefficient (Wildman–Crippen LogP) is 2.30. The number of halogens is 2. The number of aromatic amines is 1. The summed E-state index contributed by atoms with van der Waals surface area (Å²) in [4.78, 5) is 0. The van der Waals surface area contributed by atoms with Crippen LogP contribution in [-0.4, -0.2) is 88.9 Å². The molecular formula is C16H24Cl2N5NaO3S. The van der Waals surface area contributed by atoms with E-state index in [1.165, 1.54) is 10.6 Å². The van der Waals surface area contributed by atoms with Crippen LogP contribution in [0.5, 0.6) is 5.75 Å². The van der Waals surface area contributed by atoms with E-state index in [1.807, 2.05) is 0 Å². The average molecular weight is 460 g/mol. The van der Waals surface area contributed by atoms with Gasteiger partial charge < -0.3 is 4.74 Å². The van der Waals surface area contributed by atoms with Crippen molar-refractivity contribution in [3.8, 4) is 5.75 Å². The van der Waals surface area contributed by atoms with Crippen molar-refractivity contribution in [3.63, 3.8) is 0 Å². The molecule has 0 aliphatic rings. The van der Waals surface area contributed by atoms with E-state index >= 15 is 0 Å². The van der Waals surface area contributed by atoms with E-state index in [4.69, 9.17) is 27.9 Å². The Labute approximate surface area is 197 Å². The molecule has 1 heterocycles. The SMILES string of the molecule is CS(=O)(=O)N(CCCCCCc1nnn[nH]1)CCOc1cc(Cl)cc(Cl)c1.[NaH]. The average Bonchev–Trinajstić information content (AvgIpc) is 3.07. The summed E-state index contributed by atoms with van der Waals surface area (Å²) in [5.74, 6) is 1.29. The Morgan fingerprint density at radius 3 is 2.36 bits per heavy atom. The summed E-state index contributed by atoms with van der Waals surface area (Å²) < 4.78 is 30.9. The van der Waals surface area contributed by atoms with E-state index in [9.17, 15) is 8.42 Å². The second kappa shape index (κ2) is 13.0. The summed E-state index contributed by atoms with van der Waals surface area (Å²) in [6.07, 6.45) is 5.65. The molecule has 0 saturated heterocycles. The standard InChI is InChI=1S/C16H23Cl2N5O3S.Na.H/c1-27(24,25)23(7-5-3-2-4-6-16-19-21-22-20-16)8-9-26-15-11-13(17)10-14(18)12-15;;/h10-12H,2-9H2,1H3,(H,19,20,21,22);;. The number of ether oxygens (including phenoxy) is 1. The number of hydrogen-bond acceptors (Lipinski definition) is 6. The molecule has 0 atom stereocenters. The van der Waals surface area contributed by atoms with Gasteiger partial charge in [0.1, 0.15) is 18.2 Å². The molecule has 0 aliphatic heterocycles. The number of H-pyrrole nitrogens is 1. The molecule has 152 valence electrons. The van der Waals surface area contributed by atoms with Crippen LogP contribution in [0.1, 0.15) is 31.5 Å².